The van der Waals surface area contributed by atoms with Gasteiger partial charge in [-0.05, 0) is 35.2 Å². The summed E-state index contributed by atoms with van der Waals surface area (Å²) in [6, 6.07) is 11.7. The van der Waals surface area contributed by atoms with Crippen LogP contribution in [0.25, 0.3) is 0 Å². The summed E-state index contributed by atoms with van der Waals surface area (Å²) in [4.78, 5) is 15.8. The van der Waals surface area contributed by atoms with Crippen molar-refractivity contribution in [3.63, 3.8) is 0 Å². The third kappa shape index (κ3) is 4.48. The maximum absolute atomic E-state index is 11.8. The van der Waals surface area contributed by atoms with Crippen LogP contribution >= 0.6 is 0 Å². The summed E-state index contributed by atoms with van der Waals surface area (Å²) >= 11 is 0. The number of amides is 1. The Hall–Kier alpha value is -2.20. The van der Waals surface area contributed by atoms with Crippen molar-refractivity contribution >= 4 is 5.91 Å². The predicted molar refractivity (Wildman–Crippen MR) is 79.0 cm³/mol. The molecule has 0 fully saturated rings. The minimum absolute atomic E-state index is 0.0413. The van der Waals surface area contributed by atoms with E-state index in [1.807, 2.05) is 36.4 Å². The molecule has 0 radical (unpaired) electrons. The molecule has 1 aromatic carbocycles. The van der Waals surface area contributed by atoms with Crippen molar-refractivity contribution in [3.05, 3.63) is 65.5 Å². The lowest BCUT2D eigenvalue weighted by atomic mass is 10.1. The highest BCUT2D eigenvalue weighted by Crippen LogP contribution is 2.04. The first-order chi connectivity index (χ1) is 9.78. The summed E-state index contributed by atoms with van der Waals surface area (Å²) < 4.78 is 0. The van der Waals surface area contributed by atoms with Crippen molar-refractivity contribution in [2.75, 3.05) is 6.54 Å². The zero-order chi connectivity index (χ0) is 14.2. The van der Waals surface area contributed by atoms with Crippen LogP contribution in [0.5, 0.6) is 0 Å². The summed E-state index contributed by atoms with van der Waals surface area (Å²) in [7, 11) is 0. The molecule has 1 amide bonds. The normalized spacial score (nSPS) is 10.2. The van der Waals surface area contributed by atoms with Crippen LogP contribution in [0.1, 0.15) is 16.7 Å². The van der Waals surface area contributed by atoms with Crippen LogP contribution < -0.4 is 11.1 Å². The number of hydrogen-bond donors (Lipinski definition) is 2. The highest BCUT2D eigenvalue weighted by molar-refractivity contribution is 5.78. The average molecular weight is 269 g/mol. The summed E-state index contributed by atoms with van der Waals surface area (Å²) in [6.45, 7) is 1.17. The quantitative estimate of drug-likeness (QED) is 0.834. The van der Waals surface area contributed by atoms with Gasteiger partial charge in [-0.3, -0.25) is 9.78 Å². The highest BCUT2D eigenvalue weighted by Gasteiger charge is 2.03. The van der Waals surface area contributed by atoms with Crippen molar-refractivity contribution in [3.8, 4) is 0 Å². The largest absolute Gasteiger partial charge is 0.355 e. The summed E-state index contributed by atoms with van der Waals surface area (Å²) in [5.41, 5.74) is 8.79. The molecule has 0 bridgehead atoms. The van der Waals surface area contributed by atoms with E-state index in [1.165, 1.54) is 5.56 Å². The molecule has 104 valence electrons. The van der Waals surface area contributed by atoms with Crippen molar-refractivity contribution in [1.82, 2.24) is 10.3 Å². The molecule has 0 unspecified atom stereocenters. The SMILES string of the molecule is NCc1ccc(CC(=O)NCCc2ccncc2)cc1. The number of carbonyl (C=O) groups excluding carboxylic acids is 1. The topological polar surface area (TPSA) is 68.0 Å². The lowest BCUT2D eigenvalue weighted by Gasteiger charge is -2.06. The fourth-order valence-corrected chi connectivity index (χ4v) is 1.94. The molecule has 1 aromatic heterocycles. The molecule has 0 atom stereocenters. The second kappa shape index (κ2) is 7.40. The van der Waals surface area contributed by atoms with Gasteiger partial charge in [-0.25, -0.2) is 0 Å². The maximum atomic E-state index is 11.8. The van der Waals surface area contributed by atoms with Gasteiger partial charge < -0.3 is 11.1 Å². The minimum Gasteiger partial charge on any atom is -0.355 e. The number of nitrogens with zero attached hydrogens (tertiary/aromatic N) is 1. The fourth-order valence-electron chi connectivity index (χ4n) is 1.94. The van der Waals surface area contributed by atoms with Gasteiger partial charge >= 0.3 is 0 Å². The smallest absolute Gasteiger partial charge is 0.224 e. The summed E-state index contributed by atoms with van der Waals surface area (Å²) in [6.07, 6.45) is 4.74. The average Bonchev–Trinajstić information content (AvgIpc) is 2.49. The van der Waals surface area contributed by atoms with Crippen molar-refractivity contribution in [1.29, 1.82) is 0 Å². The molecular formula is C16H19N3O. The number of nitrogens with one attached hydrogen (secondary N) is 1. The standard InChI is InChI=1S/C16H19N3O/c17-12-15-3-1-14(2-4-15)11-16(20)19-10-7-13-5-8-18-9-6-13/h1-6,8-9H,7,10-12,17H2,(H,19,20). The number of benzene rings is 1. The van der Waals surface area contributed by atoms with Gasteiger partial charge in [0, 0.05) is 25.5 Å². The lowest BCUT2D eigenvalue weighted by molar-refractivity contribution is -0.120. The Labute approximate surface area is 119 Å². The molecular weight excluding hydrogens is 250 g/mol. The molecule has 2 rings (SSSR count). The number of carbonyl (C=O) groups is 1. The molecule has 0 aliphatic carbocycles. The molecule has 0 aliphatic rings. The van der Waals surface area contributed by atoms with Crippen molar-refractivity contribution < 1.29 is 4.79 Å². The third-order valence-corrected chi connectivity index (χ3v) is 3.11. The Morgan fingerprint density at radius 3 is 2.30 bits per heavy atom. The van der Waals surface area contributed by atoms with Gasteiger partial charge in [-0.1, -0.05) is 24.3 Å². The molecule has 1 heterocycles. The molecule has 4 nitrogen and oxygen atoms in total. The number of pyridine rings is 1. The van der Waals surface area contributed by atoms with E-state index in [9.17, 15) is 4.79 Å². The van der Waals surface area contributed by atoms with Crippen LogP contribution in [-0.2, 0) is 24.2 Å². The summed E-state index contributed by atoms with van der Waals surface area (Å²) in [5, 5.41) is 2.92. The molecule has 4 heteroatoms. The molecule has 0 spiro atoms. The van der Waals surface area contributed by atoms with Crippen LogP contribution in [0.2, 0.25) is 0 Å². The molecule has 0 saturated carbocycles. The molecule has 3 N–H and O–H groups in total. The van der Waals surface area contributed by atoms with Gasteiger partial charge in [0.05, 0.1) is 6.42 Å². The van der Waals surface area contributed by atoms with Crippen LogP contribution in [-0.4, -0.2) is 17.4 Å². The van der Waals surface area contributed by atoms with Crippen LogP contribution in [0.4, 0.5) is 0 Å². The lowest BCUT2D eigenvalue weighted by Crippen LogP contribution is -2.27. The first-order valence-electron chi connectivity index (χ1n) is 6.71. The van der Waals surface area contributed by atoms with E-state index in [4.69, 9.17) is 5.73 Å². The Kier molecular flexibility index (Phi) is 5.26. The zero-order valence-corrected chi connectivity index (χ0v) is 11.4. The summed E-state index contributed by atoms with van der Waals surface area (Å²) in [5.74, 6) is 0.0413. The first kappa shape index (κ1) is 14.2. The fraction of sp³-hybridized carbons (Fsp3) is 0.250. The first-order valence-corrected chi connectivity index (χ1v) is 6.71. The Morgan fingerprint density at radius 2 is 1.65 bits per heavy atom. The van der Waals surface area contributed by atoms with E-state index < -0.39 is 0 Å². The monoisotopic (exact) mass is 269 g/mol. The van der Waals surface area contributed by atoms with Crippen LogP contribution in [0, 0.1) is 0 Å². The van der Waals surface area contributed by atoms with Gasteiger partial charge in [-0.15, -0.1) is 0 Å². The second-order valence-corrected chi connectivity index (χ2v) is 4.65. The number of rotatable bonds is 6. The minimum atomic E-state index is 0.0413. The molecule has 2 aromatic rings. The molecule has 20 heavy (non-hydrogen) atoms. The third-order valence-electron chi connectivity index (χ3n) is 3.11. The second-order valence-electron chi connectivity index (χ2n) is 4.65. The van der Waals surface area contributed by atoms with Gasteiger partial charge in [0.15, 0.2) is 0 Å². The van der Waals surface area contributed by atoms with Crippen molar-refractivity contribution in [2.24, 2.45) is 5.73 Å². The van der Waals surface area contributed by atoms with Gasteiger partial charge in [0.2, 0.25) is 5.91 Å². The van der Waals surface area contributed by atoms with Gasteiger partial charge in [0.1, 0.15) is 0 Å². The Balaban J connectivity index is 1.74. The molecule has 0 saturated heterocycles. The van der Waals surface area contributed by atoms with Crippen LogP contribution in [0.3, 0.4) is 0 Å². The Morgan fingerprint density at radius 1 is 1.00 bits per heavy atom. The highest BCUT2D eigenvalue weighted by atomic mass is 16.1. The number of aromatic nitrogens is 1. The zero-order valence-electron chi connectivity index (χ0n) is 11.4. The van der Waals surface area contributed by atoms with E-state index in [1.54, 1.807) is 12.4 Å². The Bertz CT molecular complexity index is 537. The van der Waals surface area contributed by atoms with Gasteiger partial charge in [0.25, 0.3) is 0 Å². The molecule has 0 aliphatic heterocycles. The van der Waals surface area contributed by atoms with Gasteiger partial charge in [-0.2, -0.15) is 0 Å². The van der Waals surface area contributed by atoms with E-state index in [0.29, 0.717) is 19.5 Å². The van der Waals surface area contributed by atoms with Crippen LogP contribution in [0.15, 0.2) is 48.8 Å². The number of hydrogen-bond acceptors (Lipinski definition) is 3. The van der Waals surface area contributed by atoms with E-state index >= 15 is 0 Å². The predicted octanol–water partition coefficient (Wildman–Crippen LogP) is 1.44. The number of nitrogens with two attached hydrogens (primary N) is 1. The maximum Gasteiger partial charge on any atom is 0.224 e. The van der Waals surface area contributed by atoms with E-state index in [2.05, 4.69) is 10.3 Å². The van der Waals surface area contributed by atoms with Crippen molar-refractivity contribution in [2.45, 2.75) is 19.4 Å². The van der Waals surface area contributed by atoms with E-state index in [-0.39, 0.29) is 5.91 Å². The van der Waals surface area contributed by atoms with E-state index in [0.717, 1.165) is 17.5 Å².